The molecule has 0 aromatic heterocycles. The summed E-state index contributed by atoms with van der Waals surface area (Å²) < 4.78 is 5.42. The summed E-state index contributed by atoms with van der Waals surface area (Å²) in [6.45, 7) is 3.97. The Labute approximate surface area is 127 Å². The Hall–Kier alpha value is -1.55. The van der Waals surface area contributed by atoms with Crippen LogP contribution in [-0.2, 0) is 0 Å². The monoisotopic (exact) mass is 290 g/mol. The summed E-state index contributed by atoms with van der Waals surface area (Å²) >= 11 is 0. The molecule has 2 rings (SSSR count). The zero-order valence-corrected chi connectivity index (χ0v) is 12.9. The minimum absolute atomic E-state index is 0.124. The van der Waals surface area contributed by atoms with Crippen LogP contribution in [0.4, 0.5) is 0 Å². The number of nitrogens with zero attached hydrogens (tertiary/aromatic N) is 1. The van der Waals surface area contributed by atoms with Crippen LogP contribution < -0.4 is 10.5 Å². The Morgan fingerprint density at radius 1 is 1.29 bits per heavy atom. The smallest absolute Gasteiger partial charge is 0.254 e. The molecule has 116 valence electrons. The number of hydrogen-bond acceptors (Lipinski definition) is 3. The van der Waals surface area contributed by atoms with E-state index in [0.717, 1.165) is 37.1 Å². The van der Waals surface area contributed by atoms with Crippen molar-refractivity contribution in [2.45, 2.75) is 45.1 Å². The maximum absolute atomic E-state index is 12.8. The molecule has 1 amide bonds. The van der Waals surface area contributed by atoms with Gasteiger partial charge in [-0.3, -0.25) is 4.79 Å². The Morgan fingerprint density at radius 2 is 1.95 bits per heavy atom. The number of hydrogen-bond donors (Lipinski definition) is 1. The summed E-state index contributed by atoms with van der Waals surface area (Å²) in [6, 6.07) is 7.84. The lowest BCUT2D eigenvalue weighted by Gasteiger charge is -2.29. The normalized spacial score (nSPS) is 15.1. The SMILES string of the molecule is CCOc1ccc(C(=O)N(CCCN)C2CCCC2)cc1. The van der Waals surface area contributed by atoms with Gasteiger partial charge < -0.3 is 15.4 Å². The fraction of sp³-hybridized carbons (Fsp3) is 0.588. The van der Waals surface area contributed by atoms with Gasteiger partial charge in [-0.15, -0.1) is 0 Å². The number of nitrogens with two attached hydrogens (primary N) is 1. The van der Waals surface area contributed by atoms with E-state index in [1.807, 2.05) is 36.1 Å². The summed E-state index contributed by atoms with van der Waals surface area (Å²) in [7, 11) is 0. The third-order valence-corrected chi connectivity index (χ3v) is 4.04. The lowest BCUT2D eigenvalue weighted by Crippen LogP contribution is -2.40. The fourth-order valence-electron chi connectivity index (χ4n) is 2.95. The summed E-state index contributed by atoms with van der Waals surface area (Å²) in [6.07, 6.45) is 5.54. The molecular weight excluding hydrogens is 264 g/mol. The van der Waals surface area contributed by atoms with Gasteiger partial charge in [-0.25, -0.2) is 0 Å². The van der Waals surface area contributed by atoms with Crippen molar-refractivity contribution in [1.29, 1.82) is 0 Å². The van der Waals surface area contributed by atoms with E-state index in [9.17, 15) is 4.79 Å². The zero-order valence-electron chi connectivity index (χ0n) is 12.9. The van der Waals surface area contributed by atoms with Crippen LogP contribution in [0.1, 0.15) is 49.4 Å². The average Bonchev–Trinajstić information content (AvgIpc) is 3.03. The molecule has 0 unspecified atom stereocenters. The van der Waals surface area contributed by atoms with Gasteiger partial charge in [-0.1, -0.05) is 12.8 Å². The third kappa shape index (κ3) is 4.21. The van der Waals surface area contributed by atoms with Crippen molar-refractivity contribution >= 4 is 5.91 Å². The Morgan fingerprint density at radius 3 is 2.52 bits per heavy atom. The largest absolute Gasteiger partial charge is 0.494 e. The molecule has 1 aromatic rings. The lowest BCUT2D eigenvalue weighted by atomic mass is 10.1. The molecule has 0 saturated heterocycles. The van der Waals surface area contributed by atoms with Crippen molar-refractivity contribution in [2.75, 3.05) is 19.7 Å². The van der Waals surface area contributed by atoms with Gasteiger partial charge in [0, 0.05) is 18.2 Å². The number of rotatable bonds is 7. The van der Waals surface area contributed by atoms with E-state index in [0.29, 0.717) is 19.2 Å². The zero-order chi connectivity index (χ0) is 15.1. The Bertz CT molecular complexity index is 439. The van der Waals surface area contributed by atoms with Gasteiger partial charge in [0.2, 0.25) is 0 Å². The van der Waals surface area contributed by atoms with Gasteiger partial charge in [0.25, 0.3) is 5.91 Å². The lowest BCUT2D eigenvalue weighted by molar-refractivity contribution is 0.0680. The van der Waals surface area contributed by atoms with E-state index in [-0.39, 0.29) is 5.91 Å². The summed E-state index contributed by atoms with van der Waals surface area (Å²) in [5, 5.41) is 0. The second-order valence-corrected chi connectivity index (χ2v) is 5.54. The topological polar surface area (TPSA) is 55.6 Å². The third-order valence-electron chi connectivity index (χ3n) is 4.04. The molecule has 4 heteroatoms. The van der Waals surface area contributed by atoms with Crippen LogP contribution in [0.25, 0.3) is 0 Å². The van der Waals surface area contributed by atoms with Crippen LogP contribution in [0.15, 0.2) is 24.3 Å². The quantitative estimate of drug-likeness (QED) is 0.840. The first-order valence-corrected chi connectivity index (χ1v) is 8.00. The van der Waals surface area contributed by atoms with Crippen molar-refractivity contribution < 1.29 is 9.53 Å². The molecule has 1 aromatic carbocycles. The first-order valence-electron chi connectivity index (χ1n) is 8.00. The van der Waals surface area contributed by atoms with E-state index in [1.54, 1.807) is 0 Å². The highest BCUT2D eigenvalue weighted by Crippen LogP contribution is 2.25. The number of amides is 1. The maximum Gasteiger partial charge on any atom is 0.254 e. The molecular formula is C17H26N2O2. The molecule has 1 saturated carbocycles. The molecule has 0 aliphatic heterocycles. The number of ether oxygens (including phenoxy) is 1. The van der Waals surface area contributed by atoms with E-state index in [4.69, 9.17) is 10.5 Å². The Balaban J connectivity index is 2.08. The van der Waals surface area contributed by atoms with Crippen LogP contribution in [0, 0.1) is 0 Å². The predicted molar refractivity (Wildman–Crippen MR) is 84.6 cm³/mol. The molecule has 1 aliphatic carbocycles. The van der Waals surface area contributed by atoms with Crippen LogP contribution in [-0.4, -0.2) is 36.5 Å². The summed E-state index contributed by atoms with van der Waals surface area (Å²) in [5.74, 6) is 0.932. The molecule has 0 radical (unpaired) electrons. The minimum atomic E-state index is 0.124. The summed E-state index contributed by atoms with van der Waals surface area (Å²) in [4.78, 5) is 14.8. The standard InChI is InChI=1S/C17H26N2O2/c1-2-21-16-10-8-14(9-11-16)17(20)19(13-5-12-18)15-6-3-4-7-15/h8-11,15H,2-7,12-13,18H2,1H3. The first-order chi connectivity index (χ1) is 10.3. The average molecular weight is 290 g/mol. The fourth-order valence-corrected chi connectivity index (χ4v) is 2.95. The molecule has 1 aliphatic rings. The van der Waals surface area contributed by atoms with E-state index in [1.165, 1.54) is 12.8 Å². The van der Waals surface area contributed by atoms with Gasteiger partial charge in [0.1, 0.15) is 5.75 Å². The highest BCUT2D eigenvalue weighted by Gasteiger charge is 2.26. The van der Waals surface area contributed by atoms with Crippen LogP contribution >= 0.6 is 0 Å². The van der Waals surface area contributed by atoms with Crippen molar-refractivity contribution in [3.63, 3.8) is 0 Å². The number of carbonyl (C=O) groups excluding carboxylic acids is 1. The molecule has 0 heterocycles. The number of benzene rings is 1. The van der Waals surface area contributed by atoms with Crippen molar-refractivity contribution in [1.82, 2.24) is 4.90 Å². The first kappa shape index (κ1) is 15.8. The minimum Gasteiger partial charge on any atom is -0.494 e. The van der Waals surface area contributed by atoms with Crippen molar-refractivity contribution in [3.8, 4) is 5.75 Å². The maximum atomic E-state index is 12.8. The van der Waals surface area contributed by atoms with Crippen LogP contribution in [0.5, 0.6) is 5.75 Å². The van der Waals surface area contributed by atoms with Crippen LogP contribution in [0.2, 0.25) is 0 Å². The number of carbonyl (C=O) groups is 1. The van der Waals surface area contributed by atoms with Gasteiger partial charge in [0.05, 0.1) is 6.61 Å². The van der Waals surface area contributed by atoms with Gasteiger partial charge in [0.15, 0.2) is 0 Å². The molecule has 2 N–H and O–H groups in total. The second kappa shape index (κ2) is 8.03. The highest BCUT2D eigenvalue weighted by atomic mass is 16.5. The van der Waals surface area contributed by atoms with Gasteiger partial charge in [-0.2, -0.15) is 0 Å². The highest BCUT2D eigenvalue weighted by molar-refractivity contribution is 5.94. The molecule has 0 bridgehead atoms. The molecule has 21 heavy (non-hydrogen) atoms. The van der Waals surface area contributed by atoms with Crippen molar-refractivity contribution in [2.24, 2.45) is 5.73 Å². The molecule has 0 spiro atoms. The molecule has 4 nitrogen and oxygen atoms in total. The van der Waals surface area contributed by atoms with E-state index in [2.05, 4.69) is 0 Å². The second-order valence-electron chi connectivity index (χ2n) is 5.54. The van der Waals surface area contributed by atoms with E-state index < -0.39 is 0 Å². The summed E-state index contributed by atoms with van der Waals surface area (Å²) in [5.41, 5.74) is 6.35. The van der Waals surface area contributed by atoms with E-state index >= 15 is 0 Å². The van der Waals surface area contributed by atoms with Crippen LogP contribution in [0.3, 0.4) is 0 Å². The Kier molecular flexibility index (Phi) is 6.05. The van der Waals surface area contributed by atoms with Gasteiger partial charge in [-0.05, 0) is 57.0 Å². The molecule has 0 atom stereocenters. The molecule has 1 fully saturated rings. The van der Waals surface area contributed by atoms with Gasteiger partial charge >= 0.3 is 0 Å². The van der Waals surface area contributed by atoms with Crippen molar-refractivity contribution in [3.05, 3.63) is 29.8 Å². The predicted octanol–water partition coefficient (Wildman–Crippen LogP) is 2.82.